The number of ether oxygens (including phenoxy) is 2. The molecule has 2 aliphatic heterocycles. The molecule has 1 saturated heterocycles. The third kappa shape index (κ3) is 5.13. The van der Waals surface area contributed by atoms with Crippen LogP contribution in [-0.4, -0.2) is 97.5 Å². The SMILES string of the molecule is COc1cc(N2CCN(CC(=O)N(C)C)CC2)ccc1Nc1ncc(Br)c(Oc2cccc3c2C(=O)N(C)C32CC2)n1. The Hall–Kier alpha value is -3.90. The highest BCUT2D eigenvalue weighted by molar-refractivity contribution is 9.10. The van der Waals surface area contributed by atoms with E-state index in [1.165, 1.54) is 0 Å². The summed E-state index contributed by atoms with van der Waals surface area (Å²) >= 11 is 3.49. The van der Waals surface area contributed by atoms with E-state index in [2.05, 4.69) is 41.0 Å². The molecule has 3 aromatic rings. The number of carbonyl (C=O) groups excluding carboxylic acids is 2. The van der Waals surface area contributed by atoms with Crippen molar-refractivity contribution < 1.29 is 19.1 Å². The van der Waals surface area contributed by atoms with Crippen LogP contribution in [0.1, 0.15) is 28.8 Å². The summed E-state index contributed by atoms with van der Waals surface area (Å²) in [4.78, 5) is 42.1. The van der Waals surface area contributed by atoms with Crippen LogP contribution < -0.4 is 19.7 Å². The van der Waals surface area contributed by atoms with Crippen molar-refractivity contribution in [3.8, 4) is 17.4 Å². The molecule has 2 aromatic carbocycles. The predicted molar refractivity (Wildman–Crippen MR) is 163 cm³/mol. The fraction of sp³-hybridized carbons (Fsp3) is 0.400. The molecule has 11 nitrogen and oxygen atoms in total. The maximum absolute atomic E-state index is 13.1. The van der Waals surface area contributed by atoms with Crippen molar-refractivity contribution in [2.24, 2.45) is 0 Å². The van der Waals surface area contributed by atoms with Crippen LogP contribution in [0.3, 0.4) is 0 Å². The average molecular weight is 637 g/mol. The first kappa shape index (κ1) is 28.2. The molecule has 0 unspecified atom stereocenters. The van der Waals surface area contributed by atoms with Gasteiger partial charge in [0.25, 0.3) is 5.91 Å². The van der Waals surface area contributed by atoms with E-state index in [0.29, 0.717) is 45.6 Å². The lowest BCUT2D eigenvalue weighted by atomic mass is 10.0. The highest BCUT2D eigenvalue weighted by atomic mass is 79.9. The molecule has 3 aliphatic rings. The number of benzene rings is 2. The van der Waals surface area contributed by atoms with Crippen molar-refractivity contribution in [1.29, 1.82) is 0 Å². The van der Waals surface area contributed by atoms with Gasteiger partial charge in [0, 0.05) is 59.1 Å². The molecule has 6 rings (SSSR count). The Morgan fingerprint density at radius 1 is 1.12 bits per heavy atom. The molecule has 1 spiro atoms. The number of carbonyl (C=O) groups is 2. The topological polar surface area (TPSA) is 103 Å². The highest BCUT2D eigenvalue weighted by Gasteiger charge is 2.57. The van der Waals surface area contributed by atoms with Gasteiger partial charge in [-0.05, 0) is 52.5 Å². The minimum absolute atomic E-state index is 0.0325. The summed E-state index contributed by atoms with van der Waals surface area (Å²) < 4.78 is 12.5. The highest BCUT2D eigenvalue weighted by Crippen LogP contribution is 2.57. The molecule has 0 atom stereocenters. The second-order valence-corrected chi connectivity index (χ2v) is 11.9. The third-order valence-electron chi connectivity index (χ3n) is 8.36. The van der Waals surface area contributed by atoms with Gasteiger partial charge < -0.3 is 29.5 Å². The number of likely N-dealkylation sites (N-methyl/N-ethyl adjacent to an activating group) is 1. The second-order valence-electron chi connectivity index (χ2n) is 11.1. The van der Waals surface area contributed by atoms with Crippen LogP contribution in [-0.2, 0) is 10.3 Å². The number of fused-ring (bicyclic) bond motifs is 2. The van der Waals surface area contributed by atoms with Gasteiger partial charge in [-0.25, -0.2) is 4.98 Å². The molecule has 220 valence electrons. The number of piperazine rings is 1. The van der Waals surface area contributed by atoms with E-state index in [9.17, 15) is 9.59 Å². The van der Waals surface area contributed by atoms with Crippen molar-refractivity contribution in [2.45, 2.75) is 18.4 Å². The molecule has 1 aliphatic carbocycles. The number of halogens is 1. The zero-order valence-electron chi connectivity index (χ0n) is 24.2. The Kier molecular flexibility index (Phi) is 7.44. The normalized spacial score (nSPS) is 17.3. The van der Waals surface area contributed by atoms with Gasteiger partial charge in [-0.3, -0.25) is 14.5 Å². The number of nitrogens with one attached hydrogen (secondary N) is 1. The molecule has 0 bridgehead atoms. The lowest BCUT2D eigenvalue weighted by Gasteiger charge is -2.36. The van der Waals surface area contributed by atoms with Crippen molar-refractivity contribution in [3.63, 3.8) is 0 Å². The van der Waals surface area contributed by atoms with Gasteiger partial charge in [0.15, 0.2) is 0 Å². The first-order valence-electron chi connectivity index (χ1n) is 13.9. The Labute approximate surface area is 253 Å². The van der Waals surface area contributed by atoms with Crippen molar-refractivity contribution in [1.82, 2.24) is 24.7 Å². The minimum atomic E-state index is -0.192. The summed E-state index contributed by atoms with van der Waals surface area (Å²) in [5.74, 6) is 1.84. The summed E-state index contributed by atoms with van der Waals surface area (Å²) in [5.41, 5.74) is 3.17. The molecule has 2 amide bonds. The number of methoxy groups -OCH3 is 1. The second kappa shape index (κ2) is 11.1. The summed E-state index contributed by atoms with van der Waals surface area (Å²) in [6.07, 6.45) is 3.54. The summed E-state index contributed by atoms with van der Waals surface area (Å²) in [6.45, 7) is 3.69. The summed E-state index contributed by atoms with van der Waals surface area (Å²) in [7, 11) is 7.05. The molecule has 12 heteroatoms. The van der Waals surface area contributed by atoms with Gasteiger partial charge in [-0.1, -0.05) is 12.1 Å². The first-order chi connectivity index (χ1) is 20.2. The number of anilines is 3. The molecule has 2 fully saturated rings. The van der Waals surface area contributed by atoms with Crippen LogP contribution in [0.15, 0.2) is 47.1 Å². The monoisotopic (exact) mass is 635 g/mol. The summed E-state index contributed by atoms with van der Waals surface area (Å²) in [5, 5.41) is 3.25. The van der Waals surface area contributed by atoms with Gasteiger partial charge in [0.05, 0.1) is 41.1 Å². The van der Waals surface area contributed by atoms with E-state index in [4.69, 9.17) is 9.47 Å². The third-order valence-corrected chi connectivity index (χ3v) is 8.90. The molecule has 0 radical (unpaired) electrons. The number of nitrogens with zero attached hydrogens (tertiary/aromatic N) is 6. The lowest BCUT2D eigenvalue weighted by Crippen LogP contribution is -2.49. The zero-order chi connectivity index (χ0) is 29.6. The first-order valence-corrected chi connectivity index (χ1v) is 14.7. The molecule has 42 heavy (non-hydrogen) atoms. The fourth-order valence-corrected chi connectivity index (χ4v) is 5.95. The van der Waals surface area contributed by atoms with E-state index in [1.807, 2.05) is 42.3 Å². The van der Waals surface area contributed by atoms with E-state index in [-0.39, 0.29) is 17.4 Å². The van der Waals surface area contributed by atoms with Gasteiger partial charge in [0.1, 0.15) is 11.5 Å². The predicted octanol–water partition coefficient (Wildman–Crippen LogP) is 4.07. The smallest absolute Gasteiger partial charge is 0.258 e. The van der Waals surface area contributed by atoms with Gasteiger partial charge >= 0.3 is 0 Å². The molecule has 1 saturated carbocycles. The Morgan fingerprint density at radius 3 is 2.57 bits per heavy atom. The van der Waals surface area contributed by atoms with Crippen LogP contribution in [0.2, 0.25) is 0 Å². The lowest BCUT2D eigenvalue weighted by molar-refractivity contribution is -0.129. The van der Waals surface area contributed by atoms with Crippen LogP contribution in [0.5, 0.6) is 17.4 Å². The van der Waals surface area contributed by atoms with Gasteiger partial charge in [-0.2, -0.15) is 4.98 Å². The van der Waals surface area contributed by atoms with Crippen LogP contribution in [0.25, 0.3) is 0 Å². The van der Waals surface area contributed by atoms with Crippen molar-refractivity contribution in [3.05, 3.63) is 58.2 Å². The zero-order valence-corrected chi connectivity index (χ0v) is 25.8. The Balaban J connectivity index is 1.17. The number of hydrogen-bond acceptors (Lipinski definition) is 9. The maximum atomic E-state index is 13.1. The van der Waals surface area contributed by atoms with Crippen LogP contribution in [0.4, 0.5) is 17.3 Å². The Morgan fingerprint density at radius 2 is 1.88 bits per heavy atom. The number of aromatic nitrogens is 2. The largest absolute Gasteiger partial charge is 0.494 e. The van der Waals surface area contributed by atoms with E-state index in [0.717, 1.165) is 50.3 Å². The van der Waals surface area contributed by atoms with Crippen molar-refractivity contribution >= 4 is 45.1 Å². The molecule has 1 N–H and O–H groups in total. The van der Waals surface area contributed by atoms with E-state index < -0.39 is 0 Å². The fourth-order valence-electron chi connectivity index (χ4n) is 5.68. The van der Waals surface area contributed by atoms with Crippen LogP contribution in [0, 0.1) is 0 Å². The Bertz CT molecular complexity index is 1540. The molecular weight excluding hydrogens is 602 g/mol. The quantitative estimate of drug-likeness (QED) is 0.392. The molecule has 1 aromatic heterocycles. The standard InChI is InChI=1S/C30H34BrN7O4/c1-35(2)25(39)18-37-12-14-38(15-13-37)19-8-9-22(24(16-19)41-4)33-29-32-17-21(31)27(34-29)42-23-7-5-6-20-26(23)28(40)36(3)30(20)10-11-30/h5-9,16-17H,10-15,18H2,1-4H3,(H,32,33,34). The summed E-state index contributed by atoms with van der Waals surface area (Å²) in [6, 6.07) is 11.7. The number of rotatable bonds is 8. The van der Waals surface area contributed by atoms with E-state index in [1.54, 1.807) is 38.4 Å². The number of hydrogen-bond donors (Lipinski definition) is 1. The van der Waals surface area contributed by atoms with Gasteiger partial charge in [-0.15, -0.1) is 0 Å². The molecule has 3 heterocycles. The maximum Gasteiger partial charge on any atom is 0.258 e. The van der Waals surface area contributed by atoms with Crippen LogP contribution >= 0.6 is 15.9 Å². The van der Waals surface area contributed by atoms with Gasteiger partial charge in [0.2, 0.25) is 17.7 Å². The average Bonchev–Trinajstić information content (AvgIpc) is 3.77. The van der Waals surface area contributed by atoms with E-state index >= 15 is 0 Å². The molecular formula is C30H34BrN7O4. The minimum Gasteiger partial charge on any atom is -0.494 e. The van der Waals surface area contributed by atoms with Crippen molar-refractivity contribution in [2.75, 3.05) is 71.2 Å². The number of amides is 2.